The Balaban J connectivity index is 1.77. The van der Waals surface area contributed by atoms with E-state index < -0.39 is 0 Å². The van der Waals surface area contributed by atoms with Gasteiger partial charge in [0.1, 0.15) is 5.75 Å². The Labute approximate surface area is 118 Å². The molecule has 0 saturated heterocycles. The average Bonchev–Trinajstić information content (AvgIpc) is 2.94. The van der Waals surface area contributed by atoms with E-state index >= 15 is 0 Å². The number of rotatable bonds is 2. The summed E-state index contributed by atoms with van der Waals surface area (Å²) in [5.41, 5.74) is 1.86. The molecule has 0 atom stereocenters. The van der Waals surface area contributed by atoms with Crippen molar-refractivity contribution in [2.24, 2.45) is 0 Å². The molecular weight excluding hydrogens is 252 g/mol. The van der Waals surface area contributed by atoms with Gasteiger partial charge in [-0.25, -0.2) is 0 Å². The van der Waals surface area contributed by atoms with Gasteiger partial charge in [-0.15, -0.1) is 0 Å². The molecule has 100 valence electrons. The van der Waals surface area contributed by atoms with E-state index in [9.17, 15) is 0 Å². The van der Waals surface area contributed by atoms with Crippen molar-refractivity contribution >= 4 is 0 Å². The maximum absolute atomic E-state index is 5.40. The third kappa shape index (κ3) is 2.70. The fourth-order valence-corrected chi connectivity index (χ4v) is 1.92. The molecule has 3 nitrogen and oxygen atoms in total. The second-order valence-corrected chi connectivity index (χ2v) is 4.28. The lowest BCUT2D eigenvalue weighted by Gasteiger charge is -2.01. The molecule has 1 heterocycles. The summed E-state index contributed by atoms with van der Waals surface area (Å²) in [4.78, 5) is 0. The zero-order valence-corrected chi connectivity index (χ0v) is 11.2. The topological polar surface area (TPSA) is 27.7 Å². The fraction of sp³-hybridized carbons (Fsp3) is 0.176. The van der Waals surface area contributed by atoms with Crippen molar-refractivity contribution in [2.75, 3.05) is 13.4 Å². The molecule has 0 saturated carbocycles. The standard InChI is InChI=1S/C17H14O3/c1-2-18-15-8-5-13(6-9-15)3-4-14-7-10-16-17(11-14)20-12-19-16/h5-11H,2,12H2,1H3. The van der Waals surface area contributed by atoms with Crippen molar-refractivity contribution in [3.05, 3.63) is 53.6 Å². The molecule has 20 heavy (non-hydrogen) atoms. The van der Waals surface area contributed by atoms with E-state index in [4.69, 9.17) is 14.2 Å². The van der Waals surface area contributed by atoms with E-state index in [0.717, 1.165) is 28.4 Å². The summed E-state index contributed by atoms with van der Waals surface area (Å²) in [6.45, 7) is 2.92. The highest BCUT2D eigenvalue weighted by atomic mass is 16.7. The van der Waals surface area contributed by atoms with Crippen LogP contribution in [0, 0.1) is 11.8 Å². The second-order valence-electron chi connectivity index (χ2n) is 4.28. The molecule has 0 amide bonds. The van der Waals surface area contributed by atoms with Crippen LogP contribution in [0.4, 0.5) is 0 Å². The lowest BCUT2D eigenvalue weighted by molar-refractivity contribution is 0.174. The van der Waals surface area contributed by atoms with Crippen LogP contribution in [0.3, 0.4) is 0 Å². The zero-order valence-electron chi connectivity index (χ0n) is 11.2. The van der Waals surface area contributed by atoms with Crippen molar-refractivity contribution in [2.45, 2.75) is 6.92 Å². The number of ether oxygens (including phenoxy) is 3. The van der Waals surface area contributed by atoms with Gasteiger partial charge in [-0.3, -0.25) is 0 Å². The number of fused-ring (bicyclic) bond motifs is 1. The van der Waals surface area contributed by atoms with Crippen LogP contribution in [0.5, 0.6) is 17.2 Å². The minimum absolute atomic E-state index is 0.283. The Morgan fingerprint density at radius 1 is 0.950 bits per heavy atom. The first-order valence-corrected chi connectivity index (χ1v) is 6.49. The lowest BCUT2D eigenvalue weighted by Crippen LogP contribution is -1.92. The first-order chi connectivity index (χ1) is 9.85. The minimum atomic E-state index is 0.283. The summed E-state index contributed by atoms with van der Waals surface area (Å²) in [5.74, 6) is 8.63. The third-order valence-electron chi connectivity index (χ3n) is 2.89. The van der Waals surface area contributed by atoms with Gasteiger partial charge in [0.05, 0.1) is 6.61 Å². The van der Waals surface area contributed by atoms with E-state index in [-0.39, 0.29) is 6.79 Å². The van der Waals surface area contributed by atoms with Gasteiger partial charge in [-0.05, 0) is 49.4 Å². The molecule has 2 aromatic rings. The molecule has 0 N–H and O–H groups in total. The van der Waals surface area contributed by atoms with E-state index in [0.29, 0.717) is 6.61 Å². The Bertz CT molecular complexity index is 663. The largest absolute Gasteiger partial charge is 0.494 e. The quantitative estimate of drug-likeness (QED) is 0.781. The first-order valence-electron chi connectivity index (χ1n) is 6.49. The molecule has 2 aromatic carbocycles. The maximum Gasteiger partial charge on any atom is 0.231 e. The molecule has 0 aliphatic carbocycles. The monoisotopic (exact) mass is 266 g/mol. The summed E-state index contributed by atoms with van der Waals surface area (Å²) in [6.07, 6.45) is 0. The van der Waals surface area contributed by atoms with Crippen LogP contribution in [-0.4, -0.2) is 13.4 Å². The SMILES string of the molecule is CCOc1ccc(C#Cc2ccc3c(c2)OCO3)cc1. The van der Waals surface area contributed by atoms with Gasteiger partial charge in [0.15, 0.2) is 11.5 Å². The fourth-order valence-electron chi connectivity index (χ4n) is 1.92. The van der Waals surface area contributed by atoms with E-state index in [1.54, 1.807) is 0 Å². The second kappa shape index (κ2) is 5.58. The predicted molar refractivity (Wildman–Crippen MR) is 76.2 cm³/mol. The lowest BCUT2D eigenvalue weighted by atomic mass is 10.1. The zero-order chi connectivity index (χ0) is 13.8. The molecule has 0 radical (unpaired) electrons. The number of hydrogen-bond acceptors (Lipinski definition) is 3. The normalized spacial score (nSPS) is 11.7. The molecule has 1 aliphatic heterocycles. The molecule has 1 aliphatic rings. The van der Waals surface area contributed by atoms with Crippen molar-refractivity contribution in [1.82, 2.24) is 0 Å². The summed E-state index contributed by atoms with van der Waals surface area (Å²) in [5, 5.41) is 0. The van der Waals surface area contributed by atoms with Gasteiger partial charge in [0.25, 0.3) is 0 Å². The van der Waals surface area contributed by atoms with Crippen LogP contribution >= 0.6 is 0 Å². The van der Waals surface area contributed by atoms with Gasteiger partial charge in [0.2, 0.25) is 6.79 Å². The van der Waals surface area contributed by atoms with Gasteiger partial charge >= 0.3 is 0 Å². The summed E-state index contributed by atoms with van der Waals surface area (Å²) in [7, 11) is 0. The van der Waals surface area contributed by atoms with E-state index in [1.807, 2.05) is 49.4 Å². The van der Waals surface area contributed by atoms with Gasteiger partial charge in [0, 0.05) is 11.1 Å². The maximum atomic E-state index is 5.40. The van der Waals surface area contributed by atoms with Gasteiger partial charge < -0.3 is 14.2 Å². The third-order valence-corrected chi connectivity index (χ3v) is 2.89. The number of hydrogen-bond donors (Lipinski definition) is 0. The molecule has 0 unspecified atom stereocenters. The van der Waals surface area contributed by atoms with Crippen molar-refractivity contribution < 1.29 is 14.2 Å². The van der Waals surface area contributed by atoms with Crippen LogP contribution < -0.4 is 14.2 Å². The minimum Gasteiger partial charge on any atom is -0.494 e. The predicted octanol–water partition coefficient (Wildman–Crippen LogP) is 3.21. The molecular formula is C17H14O3. The Morgan fingerprint density at radius 3 is 2.45 bits per heavy atom. The van der Waals surface area contributed by atoms with Crippen LogP contribution in [0.2, 0.25) is 0 Å². The molecule has 3 rings (SSSR count). The summed E-state index contributed by atoms with van der Waals surface area (Å²) in [6, 6.07) is 13.4. The van der Waals surface area contributed by atoms with Crippen molar-refractivity contribution in [1.29, 1.82) is 0 Å². The van der Waals surface area contributed by atoms with Crippen LogP contribution in [0.15, 0.2) is 42.5 Å². The van der Waals surface area contributed by atoms with Crippen LogP contribution in [0.25, 0.3) is 0 Å². The Kier molecular flexibility index (Phi) is 3.47. The highest BCUT2D eigenvalue weighted by molar-refractivity contribution is 5.51. The molecule has 0 spiro atoms. The summed E-state index contributed by atoms with van der Waals surface area (Å²) < 4.78 is 16.0. The molecule has 0 fully saturated rings. The Morgan fingerprint density at radius 2 is 1.65 bits per heavy atom. The van der Waals surface area contributed by atoms with Crippen LogP contribution in [0.1, 0.15) is 18.1 Å². The average molecular weight is 266 g/mol. The van der Waals surface area contributed by atoms with E-state index in [1.165, 1.54) is 0 Å². The van der Waals surface area contributed by atoms with E-state index in [2.05, 4.69) is 11.8 Å². The highest BCUT2D eigenvalue weighted by Crippen LogP contribution is 2.32. The van der Waals surface area contributed by atoms with Gasteiger partial charge in [-0.1, -0.05) is 11.8 Å². The van der Waals surface area contributed by atoms with Crippen LogP contribution in [-0.2, 0) is 0 Å². The molecule has 0 bridgehead atoms. The van der Waals surface area contributed by atoms with Crippen molar-refractivity contribution in [3.63, 3.8) is 0 Å². The number of benzene rings is 2. The highest BCUT2D eigenvalue weighted by Gasteiger charge is 2.12. The van der Waals surface area contributed by atoms with Crippen molar-refractivity contribution in [3.8, 4) is 29.1 Å². The molecule has 3 heteroatoms. The molecule has 0 aromatic heterocycles. The smallest absolute Gasteiger partial charge is 0.231 e. The first kappa shape index (κ1) is 12.4. The Hall–Kier alpha value is -2.60. The van der Waals surface area contributed by atoms with Gasteiger partial charge in [-0.2, -0.15) is 0 Å². The summed E-state index contributed by atoms with van der Waals surface area (Å²) >= 11 is 0.